The second-order valence-electron chi connectivity index (χ2n) is 6.86. The molecular weight excluding hydrogens is 362 g/mol. The Morgan fingerprint density at radius 3 is 2.52 bits per heavy atom. The molecule has 0 radical (unpaired) electrons. The summed E-state index contributed by atoms with van der Waals surface area (Å²) in [6.07, 6.45) is 3.11. The topological polar surface area (TPSA) is 80.3 Å². The molecule has 0 unspecified atom stereocenters. The molecule has 3 aromatic carbocycles. The van der Waals surface area contributed by atoms with E-state index < -0.39 is 5.91 Å². The molecule has 0 aliphatic rings. The predicted molar refractivity (Wildman–Crippen MR) is 121 cm³/mol. The van der Waals surface area contributed by atoms with Crippen molar-refractivity contribution in [2.24, 2.45) is 7.05 Å². The number of benzene rings is 3. The van der Waals surface area contributed by atoms with Gasteiger partial charge in [0.05, 0.1) is 11.3 Å². The van der Waals surface area contributed by atoms with E-state index in [1.165, 1.54) is 6.08 Å². The third kappa shape index (κ3) is 2.84. The number of phenols is 1. The number of carbonyl (C=O) groups is 1. The summed E-state index contributed by atoms with van der Waals surface area (Å²) in [4.78, 5) is 12.9. The number of nitrogens with two attached hydrogens (primary N) is 1. The van der Waals surface area contributed by atoms with Gasteiger partial charge in [-0.05, 0) is 35.9 Å². The number of hydrogen-bond donors (Lipinski definition) is 3. The van der Waals surface area contributed by atoms with Gasteiger partial charge in [-0.3, -0.25) is 4.79 Å². The van der Waals surface area contributed by atoms with Gasteiger partial charge in [-0.25, -0.2) is 0 Å². The van der Waals surface area contributed by atoms with Crippen LogP contribution in [0.2, 0.25) is 0 Å². The number of nitrogens with zero attached hydrogens (tertiary/aromatic N) is 1. The van der Waals surface area contributed by atoms with E-state index in [9.17, 15) is 9.90 Å². The van der Waals surface area contributed by atoms with Crippen molar-refractivity contribution in [1.29, 1.82) is 0 Å². The van der Waals surface area contributed by atoms with Crippen LogP contribution in [-0.2, 0) is 7.05 Å². The van der Waals surface area contributed by atoms with Crippen LogP contribution in [0.5, 0.6) is 5.75 Å². The number of amides is 1. The molecule has 1 heterocycles. The van der Waals surface area contributed by atoms with Crippen LogP contribution in [0.15, 0.2) is 61.7 Å². The highest BCUT2D eigenvalue weighted by atomic mass is 16.3. The summed E-state index contributed by atoms with van der Waals surface area (Å²) < 4.78 is 2.12. The highest BCUT2D eigenvalue weighted by molar-refractivity contribution is 6.12. The second-order valence-corrected chi connectivity index (χ2v) is 6.86. The first-order valence-electron chi connectivity index (χ1n) is 9.15. The smallest absolute Gasteiger partial charge is 0.259 e. The van der Waals surface area contributed by atoms with Crippen molar-refractivity contribution in [3.05, 3.63) is 78.4 Å². The number of fused-ring (bicyclic) bond motifs is 3. The highest BCUT2D eigenvalue weighted by Crippen LogP contribution is 2.34. The quantitative estimate of drug-likeness (QED) is 0.336. The molecule has 4 aromatic rings. The first-order valence-corrected chi connectivity index (χ1v) is 9.15. The summed E-state index contributed by atoms with van der Waals surface area (Å²) >= 11 is 0. The largest absolute Gasteiger partial charge is 0.505 e. The Morgan fingerprint density at radius 2 is 1.79 bits per heavy atom. The minimum atomic E-state index is -0.451. The number of rotatable bonds is 4. The Balaban J connectivity index is 1.77. The number of aromatic nitrogens is 1. The molecule has 0 saturated heterocycles. The summed E-state index contributed by atoms with van der Waals surface area (Å²) in [6.45, 7) is 7.44. The molecule has 0 aliphatic carbocycles. The van der Waals surface area contributed by atoms with Crippen LogP contribution >= 0.6 is 0 Å². The van der Waals surface area contributed by atoms with Crippen LogP contribution in [0.25, 0.3) is 34.0 Å². The average Bonchev–Trinajstić information content (AvgIpc) is 3.02. The third-order valence-electron chi connectivity index (χ3n) is 5.25. The molecule has 0 saturated carbocycles. The normalized spacial score (nSPS) is 10.9. The van der Waals surface area contributed by atoms with Gasteiger partial charge in [0.2, 0.25) is 0 Å². The van der Waals surface area contributed by atoms with Crippen LogP contribution in [0.4, 0.5) is 11.4 Å². The Labute approximate surface area is 168 Å². The van der Waals surface area contributed by atoms with Gasteiger partial charge >= 0.3 is 0 Å². The maximum Gasteiger partial charge on any atom is 0.259 e. The fourth-order valence-electron chi connectivity index (χ4n) is 3.74. The van der Waals surface area contributed by atoms with Gasteiger partial charge < -0.3 is 20.7 Å². The van der Waals surface area contributed by atoms with Crippen molar-refractivity contribution < 1.29 is 9.90 Å². The van der Waals surface area contributed by atoms with E-state index in [0.717, 1.165) is 21.8 Å². The maximum atomic E-state index is 12.9. The molecule has 0 spiro atoms. The first-order chi connectivity index (χ1) is 14.0. The Hall–Kier alpha value is -3.99. The zero-order valence-corrected chi connectivity index (χ0v) is 16.1. The number of anilines is 2. The maximum absolute atomic E-state index is 12.9. The van der Waals surface area contributed by atoms with Gasteiger partial charge in [-0.2, -0.15) is 0 Å². The molecule has 5 nitrogen and oxygen atoms in total. The van der Waals surface area contributed by atoms with Crippen molar-refractivity contribution >= 4 is 51.2 Å². The van der Waals surface area contributed by atoms with E-state index in [1.807, 2.05) is 37.4 Å². The SMILES string of the molecule is C=Cc1cc(C(=O)Nc2ccc3c(c2)c2ccccc2n3C)c(O)c(N)c1C=C. The fourth-order valence-corrected chi connectivity index (χ4v) is 3.74. The molecule has 0 aliphatic heterocycles. The van der Waals surface area contributed by atoms with Gasteiger partial charge in [-0.1, -0.05) is 43.5 Å². The number of para-hydroxylation sites is 1. The number of aryl methyl sites for hydroxylation is 1. The van der Waals surface area contributed by atoms with Crippen molar-refractivity contribution in [3.63, 3.8) is 0 Å². The number of hydrogen-bond acceptors (Lipinski definition) is 3. The molecule has 0 atom stereocenters. The summed E-state index contributed by atoms with van der Waals surface area (Å²) in [5.41, 5.74) is 10.2. The van der Waals surface area contributed by atoms with Gasteiger partial charge in [0.25, 0.3) is 5.91 Å². The number of nitrogen functional groups attached to an aromatic ring is 1. The highest BCUT2D eigenvalue weighted by Gasteiger charge is 2.18. The number of phenolic OH excluding ortho intramolecular Hbond substituents is 1. The number of aromatic hydroxyl groups is 1. The molecule has 1 aromatic heterocycles. The van der Waals surface area contributed by atoms with Crippen molar-refractivity contribution in [1.82, 2.24) is 4.57 Å². The van der Waals surface area contributed by atoms with Crippen LogP contribution in [0.1, 0.15) is 21.5 Å². The third-order valence-corrected chi connectivity index (χ3v) is 5.25. The Morgan fingerprint density at radius 1 is 1.07 bits per heavy atom. The molecular formula is C24H21N3O2. The van der Waals surface area contributed by atoms with E-state index in [0.29, 0.717) is 16.8 Å². The Bertz CT molecular complexity index is 1320. The van der Waals surface area contributed by atoms with Gasteiger partial charge in [0, 0.05) is 40.1 Å². The van der Waals surface area contributed by atoms with Crippen LogP contribution in [0, 0.1) is 0 Å². The van der Waals surface area contributed by atoms with Gasteiger partial charge in [-0.15, -0.1) is 0 Å². The van der Waals surface area contributed by atoms with Crippen molar-refractivity contribution in [2.75, 3.05) is 11.1 Å². The molecule has 29 heavy (non-hydrogen) atoms. The van der Waals surface area contributed by atoms with Crippen molar-refractivity contribution in [3.8, 4) is 5.75 Å². The van der Waals surface area contributed by atoms with Crippen LogP contribution < -0.4 is 11.1 Å². The van der Waals surface area contributed by atoms with Crippen molar-refractivity contribution in [2.45, 2.75) is 0 Å². The number of carbonyl (C=O) groups excluding carboxylic acids is 1. The summed E-state index contributed by atoms with van der Waals surface area (Å²) in [5.74, 6) is -0.721. The minimum Gasteiger partial charge on any atom is -0.505 e. The number of nitrogens with one attached hydrogen (secondary N) is 1. The lowest BCUT2D eigenvalue weighted by Crippen LogP contribution is -2.13. The molecule has 0 fully saturated rings. The Kier molecular flexibility index (Phi) is 4.35. The van der Waals surface area contributed by atoms with Gasteiger partial charge in [0.1, 0.15) is 0 Å². The molecule has 4 N–H and O–H groups in total. The van der Waals surface area contributed by atoms with Crippen LogP contribution in [-0.4, -0.2) is 15.6 Å². The van der Waals surface area contributed by atoms with E-state index >= 15 is 0 Å². The van der Waals surface area contributed by atoms with Gasteiger partial charge in [0.15, 0.2) is 5.75 Å². The van der Waals surface area contributed by atoms with E-state index in [2.05, 4.69) is 35.2 Å². The molecule has 0 bridgehead atoms. The predicted octanol–water partition coefficient (Wildman–Crippen LogP) is 5.16. The van der Waals surface area contributed by atoms with E-state index in [-0.39, 0.29) is 17.0 Å². The fraction of sp³-hybridized carbons (Fsp3) is 0.0417. The summed E-state index contributed by atoms with van der Waals surface area (Å²) in [6, 6.07) is 15.4. The molecule has 144 valence electrons. The molecule has 4 rings (SSSR count). The monoisotopic (exact) mass is 383 g/mol. The van der Waals surface area contributed by atoms with E-state index in [4.69, 9.17) is 5.73 Å². The summed E-state index contributed by atoms with van der Waals surface area (Å²) in [7, 11) is 2.02. The first kappa shape index (κ1) is 18.4. The minimum absolute atomic E-state index is 0.0843. The van der Waals surface area contributed by atoms with Crippen LogP contribution in [0.3, 0.4) is 0 Å². The molecule has 5 heteroatoms. The average molecular weight is 383 g/mol. The zero-order chi connectivity index (χ0) is 20.7. The second kappa shape index (κ2) is 6.87. The lowest BCUT2D eigenvalue weighted by atomic mass is 9.99. The standard InChI is InChI=1S/C24H21N3O2/c1-4-14-12-19(23(28)22(25)16(14)5-2)24(29)26-15-10-11-21-18(13-15)17-8-6-7-9-20(17)27(21)3/h4-13,28H,1-2,25H2,3H3,(H,26,29). The summed E-state index contributed by atoms with van der Waals surface area (Å²) in [5, 5.41) is 15.4. The zero-order valence-electron chi connectivity index (χ0n) is 16.1. The lowest BCUT2D eigenvalue weighted by molar-refractivity contribution is 0.102. The van der Waals surface area contributed by atoms with E-state index in [1.54, 1.807) is 12.1 Å². The lowest BCUT2D eigenvalue weighted by Gasteiger charge is -2.13. The molecule has 1 amide bonds.